The van der Waals surface area contributed by atoms with Gasteiger partial charge in [0.15, 0.2) is 0 Å². The highest BCUT2D eigenvalue weighted by Gasteiger charge is 2.40. The maximum atomic E-state index is 13.2. The smallest absolute Gasteiger partial charge is 0.336 e. The van der Waals surface area contributed by atoms with Gasteiger partial charge >= 0.3 is 11.9 Å². The molecule has 1 aliphatic heterocycles. The van der Waals surface area contributed by atoms with Crippen molar-refractivity contribution in [3.63, 3.8) is 0 Å². The average molecular weight is 669 g/mol. The molecule has 1 atom stereocenters. The third-order valence-electron chi connectivity index (χ3n) is 7.56. The third-order valence-corrected chi connectivity index (χ3v) is 7.56. The molecule has 14 heteroatoms. The minimum atomic E-state index is -1.04. The molecule has 3 rings (SSSR count). The molecule has 260 valence electrons. The van der Waals surface area contributed by atoms with E-state index in [2.05, 4.69) is 16.0 Å². The Morgan fingerprint density at radius 3 is 2.12 bits per heavy atom. The predicted molar refractivity (Wildman–Crippen MR) is 177 cm³/mol. The van der Waals surface area contributed by atoms with Crippen LogP contribution in [0.1, 0.15) is 57.9 Å². The lowest BCUT2D eigenvalue weighted by Crippen LogP contribution is -2.33. The van der Waals surface area contributed by atoms with Crippen molar-refractivity contribution in [2.75, 3.05) is 45.8 Å². The van der Waals surface area contributed by atoms with Crippen LogP contribution in [0.3, 0.4) is 0 Å². The van der Waals surface area contributed by atoms with Gasteiger partial charge in [-0.1, -0.05) is 13.8 Å². The number of carbonyl (C=O) groups is 3. The van der Waals surface area contributed by atoms with E-state index in [1.165, 1.54) is 39.3 Å². The molecule has 0 spiro atoms. The van der Waals surface area contributed by atoms with Gasteiger partial charge in [0, 0.05) is 48.2 Å². The minimum absolute atomic E-state index is 0.0821. The molecule has 0 fully saturated rings. The predicted octanol–water partition coefficient (Wildman–Crippen LogP) is 4.10. The molecule has 0 aromatic heterocycles. The molecule has 1 aliphatic rings. The second-order valence-corrected chi connectivity index (χ2v) is 10.9. The molecule has 2 aromatic carbocycles. The van der Waals surface area contributed by atoms with Gasteiger partial charge < -0.3 is 40.0 Å². The lowest BCUT2D eigenvalue weighted by Gasteiger charge is -2.32. The molecule has 2 aromatic rings. The number of hydrogen-bond acceptors (Lipinski definition) is 12. The topological polar surface area (TPSA) is 188 Å². The number of nitro benzene ring substituents is 1. The Kier molecular flexibility index (Phi) is 14.4. The molecule has 0 bridgehead atoms. The van der Waals surface area contributed by atoms with Gasteiger partial charge in [-0.15, -0.1) is 0 Å². The fourth-order valence-electron chi connectivity index (χ4n) is 5.28. The first kappa shape index (κ1) is 37.5. The Labute approximate surface area is 279 Å². The van der Waals surface area contributed by atoms with Crippen LogP contribution in [0.15, 0.2) is 65.0 Å². The fraction of sp³-hybridized carbons (Fsp3) is 0.441. The number of nitrogens with zero attached hydrogens (tertiary/aromatic N) is 1. The Balaban J connectivity index is 1.66. The number of rotatable bonds is 18. The van der Waals surface area contributed by atoms with E-state index in [1.54, 1.807) is 24.3 Å². The number of carbonyl (C=O) groups excluding carboxylic acids is 3. The largest absolute Gasteiger partial charge is 0.493 e. The van der Waals surface area contributed by atoms with Crippen LogP contribution in [0.25, 0.3) is 0 Å². The quantitative estimate of drug-likeness (QED) is 0.0772. The molecule has 1 unspecified atom stereocenters. The fourth-order valence-corrected chi connectivity index (χ4v) is 5.28. The van der Waals surface area contributed by atoms with Crippen molar-refractivity contribution in [1.29, 1.82) is 0 Å². The molecule has 0 aliphatic carbocycles. The highest BCUT2D eigenvalue weighted by molar-refractivity contribution is 6.00. The highest BCUT2D eigenvalue weighted by Crippen LogP contribution is 2.45. The SMILES string of the molecule is CCC1=C(C(=O)OC)C(c2cc([N+](=O)[O-])ccc2OCCCCNCC(O)COc2ccc(NC(C)=O)cc2)C(C(=O)OC)=C(CC)N1. The number of nitro groups is 1. The number of methoxy groups -OCH3 is 2. The zero-order valence-corrected chi connectivity index (χ0v) is 27.9. The molecule has 48 heavy (non-hydrogen) atoms. The van der Waals surface area contributed by atoms with Gasteiger partial charge in [-0.2, -0.15) is 0 Å². The second-order valence-electron chi connectivity index (χ2n) is 10.9. The van der Waals surface area contributed by atoms with Crippen molar-refractivity contribution in [3.05, 3.63) is 80.7 Å². The zero-order chi connectivity index (χ0) is 35.2. The molecule has 1 amide bonds. The number of unbranched alkanes of at least 4 members (excludes halogenated alkanes) is 1. The van der Waals surface area contributed by atoms with Crippen LogP contribution in [0.4, 0.5) is 11.4 Å². The monoisotopic (exact) mass is 668 g/mol. The lowest BCUT2D eigenvalue weighted by atomic mass is 9.78. The van der Waals surface area contributed by atoms with Crippen molar-refractivity contribution in [1.82, 2.24) is 10.6 Å². The van der Waals surface area contributed by atoms with E-state index < -0.39 is 28.9 Å². The van der Waals surface area contributed by atoms with Gasteiger partial charge in [0.05, 0.1) is 42.8 Å². The van der Waals surface area contributed by atoms with Crippen LogP contribution < -0.4 is 25.4 Å². The summed E-state index contributed by atoms with van der Waals surface area (Å²) < 4.78 is 21.9. The summed E-state index contributed by atoms with van der Waals surface area (Å²) in [6.45, 7) is 6.33. The van der Waals surface area contributed by atoms with E-state index in [1.807, 2.05) is 13.8 Å². The first-order valence-corrected chi connectivity index (χ1v) is 15.7. The van der Waals surface area contributed by atoms with Gasteiger partial charge in [-0.05, 0) is 62.6 Å². The van der Waals surface area contributed by atoms with Crippen LogP contribution >= 0.6 is 0 Å². The Hall–Kier alpha value is -4.95. The summed E-state index contributed by atoms with van der Waals surface area (Å²) in [7, 11) is 2.46. The number of anilines is 1. The van der Waals surface area contributed by atoms with Crippen molar-refractivity contribution in [3.8, 4) is 11.5 Å². The van der Waals surface area contributed by atoms with E-state index in [4.69, 9.17) is 18.9 Å². The summed E-state index contributed by atoms with van der Waals surface area (Å²) in [6.07, 6.45) is 1.35. The normalized spacial score (nSPS) is 13.8. The van der Waals surface area contributed by atoms with Crippen LogP contribution in [0.2, 0.25) is 0 Å². The molecule has 4 N–H and O–H groups in total. The number of dihydropyridines is 1. The number of ether oxygens (including phenoxy) is 4. The first-order valence-electron chi connectivity index (χ1n) is 15.7. The number of aliphatic hydroxyl groups is 1. The van der Waals surface area contributed by atoms with Crippen molar-refractivity contribution >= 4 is 29.2 Å². The summed E-state index contributed by atoms with van der Waals surface area (Å²) in [5.41, 5.74) is 2.07. The van der Waals surface area contributed by atoms with Crippen LogP contribution in [0.5, 0.6) is 11.5 Å². The van der Waals surface area contributed by atoms with Gasteiger partial charge in [0.1, 0.15) is 24.2 Å². The highest BCUT2D eigenvalue weighted by atomic mass is 16.6. The molecule has 14 nitrogen and oxygen atoms in total. The van der Waals surface area contributed by atoms with Crippen LogP contribution in [0, 0.1) is 10.1 Å². The lowest BCUT2D eigenvalue weighted by molar-refractivity contribution is -0.384. The number of amides is 1. The number of hydrogen-bond donors (Lipinski definition) is 4. The van der Waals surface area contributed by atoms with Gasteiger partial charge in [0.2, 0.25) is 5.91 Å². The molecule has 0 saturated carbocycles. The first-order chi connectivity index (χ1) is 23.0. The minimum Gasteiger partial charge on any atom is -0.493 e. The Morgan fingerprint density at radius 2 is 1.58 bits per heavy atom. The molecular weight excluding hydrogens is 624 g/mol. The van der Waals surface area contributed by atoms with E-state index >= 15 is 0 Å². The van der Waals surface area contributed by atoms with Crippen molar-refractivity contribution < 1.29 is 43.4 Å². The molecule has 0 saturated heterocycles. The maximum absolute atomic E-state index is 13.2. The number of non-ortho nitro benzene ring substituents is 1. The molecule has 1 heterocycles. The number of benzene rings is 2. The standard InChI is InChI=1S/C34H44N4O10/c1-6-27-31(33(41)45-4)30(32(34(42)46-5)28(7-2)37-27)26-18-23(38(43)44)12-15-29(26)47-17-9-8-16-35-19-24(40)20-48-25-13-10-22(11-14-25)36-21(3)39/h10-15,18,24,30,35,37,40H,6-9,16-17,19-20H2,1-5H3,(H,36,39). The van der Waals surface area contributed by atoms with E-state index in [0.29, 0.717) is 61.6 Å². The zero-order valence-electron chi connectivity index (χ0n) is 27.9. The summed E-state index contributed by atoms with van der Waals surface area (Å²) in [5, 5.41) is 31.1. The number of aliphatic hydroxyl groups excluding tert-OH is 1. The molecular formula is C34H44N4O10. The van der Waals surface area contributed by atoms with Gasteiger partial charge in [0.25, 0.3) is 5.69 Å². The second kappa shape index (κ2) is 18.4. The van der Waals surface area contributed by atoms with Gasteiger partial charge in [-0.3, -0.25) is 14.9 Å². The Bertz CT molecular complexity index is 1480. The number of esters is 2. The summed E-state index contributed by atoms with van der Waals surface area (Å²) in [5.74, 6) is -1.72. The van der Waals surface area contributed by atoms with Crippen molar-refractivity contribution in [2.45, 2.75) is 58.5 Å². The van der Waals surface area contributed by atoms with Crippen molar-refractivity contribution in [2.24, 2.45) is 0 Å². The summed E-state index contributed by atoms with van der Waals surface area (Å²) >= 11 is 0. The Morgan fingerprint density at radius 1 is 0.958 bits per heavy atom. The third kappa shape index (κ3) is 10.0. The van der Waals surface area contributed by atoms with Crippen LogP contribution in [-0.4, -0.2) is 74.5 Å². The van der Waals surface area contributed by atoms with Crippen LogP contribution in [-0.2, 0) is 23.9 Å². The van der Waals surface area contributed by atoms with E-state index in [9.17, 15) is 29.6 Å². The van der Waals surface area contributed by atoms with Gasteiger partial charge in [-0.25, -0.2) is 9.59 Å². The maximum Gasteiger partial charge on any atom is 0.336 e. The van der Waals surface area contributed by atoms with E-state index in [0.717, 1.165) is 0 Å². The average Bonchev–Trinajstić information content (AvgIpc) is 3.08. The summed E-state index contributed by atoms with van der Waals surface area (Å²) in [4.78, 5) is 48.7. The van der Waals surface area contributed by atoms with E-state index in [-0.39, 0.29) is 47.3 Å². The molecule has 0 radical (unpaired) electrons. The number of nitrogens with one attached hydrogen (secondary N) is 3. The summed E-state index contributed by atoms with van der Waals surface area (Å²) in [6, 6.07) is 10.9. The number of allylic oxidation sites excluding steroid dienone is 2.